The number of rotatable bonds is 4. The molecule has 0 spiro atoms. The fraction of sp³-hybridized carbons (Fsp3) is 0.471. The zero-order chi connectivity index (χ0) is 22.5. The van der Waals surface area contributed by atoms with Gasteiger partial charge in [-0.3, -0.25) is 0 Å². The van der Waals surface area contributed by atoms with Crippen molar-refractivity contribution in [1.29, 1.82) is 0 Å². The first-order valence-electron chi connectivity index (χ1n) is 8.60. The van der Waals surface area contributed by atoms with Gasteiger partial charge in [0, 0.05) is 27.3 Å². The smallest absolute Gasteiger partial charge is 0.465 e. The third kappa shape index (κ3) is 5.27. The second kappa shape index (κ2) is 9.43. The fourth-order valence-electron chi connectivity index (χ4n) is 2.62. The fourth-order valence-corrected chi connectivity index (χ4v) is 3.03. The van der Waals surface area contributed by atoms with Gasteiger partial charge >= 0.3 is 21.6 Å². The number of fused-ring (bicyclic) bond motifs is 1. The van der Waals surface area contributed by atoms with E-state index in [-0.39, 0.29) is 22.4 Å². The molecule has 9 nitrogen and oxygen atoms in total. The molecule has 1 aromatic carbocycles. The van der Waals surface area contributed by atoms with Crippen molar-refractivity contribution in [3.8, 4) is 5.88 Å². The molecule has 0 amide bonds. The van der Waals surface area contributed by atoms with Crippen molar-refractivity contribution >= 4 is 32.9 Å². The largest absolute Gasteiger partial charge is 0.534 e. The average Bonchev–Trinajstić information content (AvgIpc) is 3.20. The maximum absolute atomic E-state index is 12.7. The number of hydrogen-bond acceptors (Lipinski definition) is 9. The molecule has 166 valence electrons. The Balaban J connectivity index is 0.00000101. The molecule has 3 rings (SSSR count). The molecule has 0 unspecified atom stereocenters. The van der Waals surface area contributed by atoms with Gasteiger partial charge in [0.2, 0.25) is 0 Å². The van der Waals surface area contributed by atoms with E-state index in [1.54, 1.807) is 19.1 Å². The number of nitrogens with zero attached hydrogens (tertiary/aromatic N) is 3. The summed E-state index contributed by atoms with van der Waals surface area (Å²) in [4.78, 5) is 21.3. The van der Waals surface area contributed by atoms with E-state index < -0.39 is 27.5 Å². The highest BCUT2D eigenvalue weighted by Gasteiger charge is 2.49. The molecule has 2 heterocycles. The van der Waals surface area contributed by atoms with Gasteiger partial charge in [-0.05, 0) is 31.0 Å². The molecule has 0 saturated carbocycles. The van der Waals surface area contributed by atoms with E-state index in [0.29, 0.717) is 13.1 Å². The molecular weight excluding hydrogens is 431 g/mol. The molecule has 30 heavy (non-hydrogen) atoms. The van der Waals surface area contributed by atoms with Crippen molar-refractivity contribution < 1.29 is 40.0 Å². The second-order valence-electron chi connectivity index (χ2n) is 6.13. The minimum atomic E-state index is -5.90. The minimum absolute atomic E-state index is 0.0676. The van der Waals surface area contributed by atoms with Crippen molar-refractivity contribution in [2.75, 3.05) is 39.3 Å². The second-order valence-corrected chi connectivity index (χ2v) is 7.67. The number of carbonyl (C=O) groups is 1. The summed E-state index contributed by atoms with van der Waals surface area (Å²) in [7, 11) is -1.45. The highest BCUT2D eigenvalue weighted by atomic mass is 32.2. The molecule has 0 aliphatic carbocycles. The van der Waals surface area contributed by atoms with Crippen LogP contribution in [0.15, 0.2) is 18.2 Å². The van der Waals surface area contributed by atoms with Gasteiger partial charge in [-0.2, -0.15) is 21.6 Å². The number of hydrogen-bond donors (Lipinski definition) is 0. The predicted molar refractivity (Wildman–Crippen MR) is 101 cm³/mol. The van der Waals surface area contributed by atoms with Crippen LogP contribution < -0.4 is 9.08 Å². The third-order valence-electron chi connectivity index (χ3n) is 3.91. The Morgan fingerprint density at radius 3 is 2.20 bits per heavy atom. The van der Waals surface area contributed by atoms with Crippen LogP contribution in [0, 0.1) is 0 Å². The first-order chi connectivity index (χ1) is 14.0. The Bertz CT molecular complexity index is 1010. The van der Waals surface area contributed by atoms with E-state index in [1.165, 1.54) is 25.3 Å². The molecular formula is C17H20F3N3O6S. The minimum Gasteiger partial charge on any atom is -0.465 e. The number of aromatic nitrogens is 2. The Labute approximate surface area is 170 Å². The van der Waals surface area contributed by atoms with Gasteiger partial charge in [0.1, 0.15) is 0 Å². The summed E-state index contributed by atoms with van der Waals surface area (Å²) < 4.78 is 74.0. The number of ether oxygens (including phenoxy) is 2. The van der Waals surface area contributed by atoms with Crippen LogP contribution in [0.3, 0.4) is 0 Å². The molecule has 1 aromatic heterocycles. The van der Waals surface area contributed by atoms with E-state index in [2.05, 4.69) is 23.6 Å². The molecule has 0 N–H and O–H groups in total. The molecule has 1 aliphatic rings. The van der Waals surface area contributed by atoms with Crippen LogP contribution in [-0.2, 0) is 19.6 Å². The molecule has 0 bridgehead atoms. The molecule has 1 saturated heterocycles. The standard InChI is InChI=1S/C15H14F3N3O5S.C2H6O/c1-25-14(22)9-4-5-10-11(8-9)19-12(21-6-2-3-7-21)13(20-10)26-27(23,24)15(16,17)18;1-3-2/h4-5,8H,2-3,6-7H2,1H3;1-2H3. The third-order valence-corrected chi connectivity index (χ3v) is 4.86. The van der Waals surface area contributed by atoms with Crippen LogP contribution in [0.2, 0.25) is 0 Å². The van der Waals surface area contributed by atoms with Crippen LogP contribution >= 0.6 is 0 Å². The summed E-state index contributed by atoms with van der Waals surface area (Å²) in [6.45, 7) is 0.915. The number of alkyl halides is 3. The number of carbonyl (C=O) groups excluding carboxylic acids is 1. The van der Waals surface area contributed by atoms with E-state index in [1.807, 2.05) is 0 Å². The van der Waals surface area contributed by atoms with Crippen LogP contribution in [0.5, 0.6) is 5.88 Å². The Morgan fingerprint density at radius 2 is 1.67 bits per heavy atom. The van der Waals surface area contributed by atoms with Crippen molar-refractivity contribution in [1.82, 2.24) is 9.97 Å². The maximum Gasteiger partial charge on any atom is 0.534 e. The summed E-state index contributed by atoms with van der Waals surface area (Å²) >= 11 is 0. The van der Waals surface area contributed by atoms with Gasteiger partial charge in [-0.15, -0.1) is 0 Å². The van der Waals surface area contributed by atoms with Gasteiger partial charge in [-0.25, -0.2) is 14.8 Å². The van der Waals surface area contributed by atoms with Crippen molar-refractivity contribution in [2.24, 2.45) is 0 Å². The number of esters is 1. The van der Waals surface area contributed by atoms with Crippen LogP contribution in [-0.4, -0.2) is 64.3 Å². The molecule has 0 atom stereocenters. The lowest BCUT2D eigenvalue weighted by atomic mass is 10.2. The van der Waals surface area contributed by atoms with Crippen LogP contribution in [0.1, 0.15) is 23.2 Å². The lowest BCUT2D eigenvalue weighted by Crippen LogP contribution is -2.30. The van der Waals surface area contributed by atoms with Gasteiger partial charge in [0.15, 0.2) is 5.82 Å². The number of halogens is 3. The van der Waals surface area contributed by atoms with E-state index >= 15 is 0 Å². The van der Waals surface area contributed by atoms with Gasteiger partial charge in [0.05, 0.1) is 23.7 Å². The number of benzene rings is 1. The van der Waals surface area contributed by atoms with E-state index in [0.717, 1.165) is 12.8 Å². The Kier molecular flexibility index (Phi) is 7.42. The molecule has 2 aromatic rings. The zero-order valence-electron chi connectivity index (χ0n) is 16.4. The summed E-state index contributed by atoms with van der Waals surface area (Å²) in [5.41, 5.74) is -5.17. The SMILES string of the molecule is COC.COC(=O)c1ccc2nc(OS(=O)(=O)C(F)(F)F)c(N3CCCC3)nc2c1. The highest BCUT2D eigenvalue weighted by Crippen LogP contribution is 2.34. The van der Waals surface area contributed by atoms with Crippen molar-refractivity contribution in [3.05, 3.63) is 23.8 Å². The topological polar surface area (TPSA) is 108 Å². The first-order valence-corrected chi connectivity index (χ1v) is 10.0. The molecule has 13 heteroatoms. The predicted octanol–water partition coefficient (Wildman–Crippen LogP) is 2.51. The Morgan fingerprint density at radius 1 is 1.07 bits per heavy atom. The quantitative estimate of drug-likeness (QED) is 0.394. The van der Waals surface area contributed by atoms with Crippen LogP contribution in [0.4, 0.5) is 19.0 Å². The summed E-state index contributed by atoms with van der Waals surface area (Å²) in [5.74, 6) is -1.51. The lowest BCUT2D eigenvalue weighted by molar-refractivity contribution is -0.0501. The molecule has 0 radical (unpaired) electrons. The summed E-state index contributed by atoms with van der Waals surface area (Å²) in [5, 5.41) is 0. The van der Waals surface area contributed by atoms with Crippen molar-refractivity contribution in [2.45, 2.75) is 18.3 Å². The monoisotopic (exact) mass is 451 g/mol. The van der Waals surface area contributed by atoms with Gasteiger partial charge in [-0.1, -0.05) is 0 Å². The number of methoxy groups -OCH3 is 2. The summed E-state index contributed by atoms with van der Waals surface area (Å²) in [6, 6.07) is 4.01. The van der Waals surface area contributed by atoms with Crippen LogP contribution in [0.25, 0.3) is 11.0 Å². The van der Waals surface area contributed by atoms with Gasteiger partial charge < -0.3 is 18.6 Å². The Hall–Kier alpha value is -2.67. The number of anilines is 1. The highest BCUT2D eigenvalue weighted by molar-refractivity contribution is 7.88. The summed E-state index contributed by atoms with van der Waals surface area (Å²) in [6.07, 6.45) is 1.51. The molecule has 1 fully saturated rings. The van der Waals surface area contributed by atoms with Gasteiger partial charge in [0.25, 0.3) is 5.88 Å². The van der Waals surface area contributed by atoms with E-state index in [9.17, 15) is 26.4 Å². The normalized spacial score (nSPS) is 14.3. The lowest BCUT2D eigenvalue weighted by Gasteiger charge is -2.20. The first kappa shape index (κ1) is 23.6. The maximum atomic E-state index is 12.7. The molecule has 1 aliphatic heterocycles. The van der Waals surface area contributed by atoms with Crippen molar-refractivity contribution in [3.63, 3.8) is 0 Å². The van der Waals surface area contributed by atoms with E-state index in [4.69, 9.17) is 0 Å². The zero-order valence-corrected chi connectivity index (χ0v) is 17.2. The average molecular weight is 451 g/mol.